The molecule has 0 aliphatic heterocycles. The van der Waals surface area contributed by atoms with Gasteiger partial charge in [0.05, 0.1) is 17.0 Å². The van der Waals surface area contributed by atoms with Crippen LogP contribution in [-0.4, -0.2) is 40.0 Å². The van der Waals surface area contributed by atoms with Crippen molar-refractivity contribution in [3.8, 4) is 5.75 Å². The number of amides is 1. The number of carbonyl (C=O) groups excluding carboxylic acids is 1. The molecule has 1 atom stereocenters. The average molecular weight is 302 g/mol. The summed E-state index contributed by atoms with van der Waals surface area (Å²) in [7, 11) is 0. The van der Waals surface area contributed by atoms with Crippen molar-refractivity contribution in [2.45, 2.75) is 31.8 Å². The summed E-state index contributed by atoms with van der Waals surface area (Å²) in [4.78, 5) is 11.8. The highest BCUT2D eigenvalue weighted by Crippen LogP contribution is 2.23. The number of hydrogen-bond acceptors (Lipinski definition) is 4. The molecule has 0 aromatic heterocycles. The highest BCUT2D eigenvalue weighted by atomic mass is 35.5. The fourth-order valence-electron chi connectivity index (χ4n) is 1.75. The SMILES string of the molecule is C[C@](O)(CCCO)CNC(=O)Cc1ccc(O)c(Cl)c1. The van der Waals surface area contributed by atoms with Gasteiger partial charge in [-0.3, -0.25) is 4.79 Å². The van der Waals surface area contributed by atoms with Gasteiger partial charge < -0.3 is 20.6 Å². The van der Waals surface area contributed by atoms with E-state index in [1.54, 1.807) is 13.0 Å². The summed E-state index contributed by atoms with van der Waals surface area (Å²) in [6, 6.07) is 4.58. The number of aliphatic hydroxyl groups excluding tert-OH is 1. The third-order valence-electron chi connectivity index (χ3n) is 2.92. The van der Waals surface area contributed by atoms with Crippen molar-refractivity contribution >= 4 is 17.5 Å². The van der Waals surface area contributed by atoms with Gasteiger partial charge in [-0.25, -0.2) is 0 Å². The minimum Gasteiger partial charge on any atom is -0.506 e. The average Bonchev–Trinajstić information content (AvgIpc) is 2.39. The normalized spacial score (nSPS) is 13.8. The summed E-state index contributed by atoms with van der Waals surface area (Å²) in [5, 5.41) is 30.8. The maximum Gasteiger partial charge on any atom is 0.224 e. The molecule has 0 unspecified atom stereocenters. The van der Waals surface area contributed by atoms with Gasteiger partial charge in [0, 0.05) is 13.2 Å². The Balaban J connectivity index is 2.45. The first-order valence-corrected chi connectivity index (χ1v) is 6.79. The summed E-state index contributed by atoms with van der Waals surface area (Å²) in [5.74, 6) is -0.265. The van der Waals surface area contributed by atoms with Gasteiger partial charge in [-0.15, -0.1) is 0 Å². The number of aromatic hydroxyl groups is 1. The molecule has 0 spiro atoms. The highest BCUT2D eigenvalue weighted by molar-refractivity contribution is 6.32. The zero-order valence-corrected chi connectivity index (χ0v) is 12.2. The molecule has 0 heterocycles. The Labute approximate surface area is 123 Å². The van der Waals surface area contributed by atoms with Crippen LogP contribution in [0, 0.1) is 0 Å². The molecule has 4 N–H and O–H groups in total. The van der Waals surface area contributed by atoms with Gasteiger partial charge >= 0.3 is 0 Å². The fourth-order valence-corrected chi connectivity index (χ4v) is 1.95. The quantitative estimate of drug-likeness (QED) is 0.610. The molecule has 20 heavy (non-hydrogen) atoms. The van der Waals surface area contributed by atoms with E-state index < -0.39 is 5.60 Å². The monoisotopic (exact) mass is 301 g/mol. The van der Waals surface area contributed by atoms with Crippen LogP contribution < -0.4 is 5.32 Å². The van der Waals surface area contributed by atoms with E-state index in [0.717, 1.165) is 0 Å². The molecule has 1 rings (SSSR count). The van der Waals surface area contributed by atoms with Crippen LogP contribution in [0.4, 0.5) is 0 Å². The molecular weight excluding hydrogens is 282 g/mol. The molecule has 0 saturated heterocycles. The van der Waals surface area contributed by atoms with E-state index in [-0.39, 0.29) is 36.3 Å². The molecule has 0 radical (unpaired) electrons. The van der Waals surface area contributed by atoms with Gasteiger partial charge in [-0.2, -0.15) is 0 Å². The Hall–Kier alpha value is -1.30. The first kappa shape index (κ1) is 16.8. The van der Waals surface area contributed by atoms with E-state index in [1.165, 1.54) is 12.1 Å². The van der Waals surface area contributed by atoms with Crippen LogP contribution in [0.15, 0.2) is 18.2 Å². The second kappa shape index (κ2) is 7.47. The van der Waals surface area contributed by atoms with Crippen LogP contribution in [0.1, 0.15) is 25.3 Å². The van der Waals surface area contributed by atoms with Crippen LogP contribution in [0.5, 0.6) is 5.75 Å². The zero-order chi connectivity index (χ0) is 15.2. The number of benzene rings is 1. The van der Waals surface area contributed by atoms with Gasteiger partial charge in [0.2, 0.25) is 5.91 Å². The Morgan fingerprint density at radius 1 is 1.45 bits per heavy atom. The predicted molar refractivity (Wildman–Crippen MR) is 76.8 cm³/mol. The highest BCUT2D eigenvalue weighted by Gasteiger charge is 2.20. The Bertz CT molecular complexity index is 462. The number of phenols is 1. The molecule has 5 nitrogen and oxygen atoms in total. The number of nitrogens with one attached hydrogen (secondary N) is 1. The van der Waals surface area contributed by atoms with Crippen molar-refractivity contribution in [3.63, 3.8) is 0 Å². The van der Waals surface area contributed by atoms with Crippen molar-refractivity contribution in [1.82, 2.24) is 5.32 Å². The summed E-state index contributed by atoms with van der Waals surface area (Å²) in [6.45, 7) is 1.74. The van der Waals surface area contributed by atoms with Crippen LogP contribution in [-0.2, 0) is 11.2 Å². The summed E-state index contributed by atoms with van der Waals surface area (Å²) >= 11 is 5.76. The minimum atomic E-state index is -1.04. The van der Waals surface area contributed by atoms with Crippen molar-refractivity contribution in [2.75, 3.05) is 13.2 Å². The number of aliphatic hydroxyl groups is 2. The van der Waals surface area contributed by atoms with Gasteiger partial charge in [0.1, 0.15) is 5.75 Å². The second-order valence-electron chi connectivity index (χ2n) is 5.06. The lowest BCUT2D eigenvalue weighted by Gasteiger charge is -2.23. The van der Waals surface area contributed by atoms with Crippen molar-refractivity contribution in [3.05, 3.63) is 28.8 Å². The number of rotatable bonds is 7. The maximum absolute atomic E-state index is 11.8. The third-order valence-corrected chi connectivity index (χ3v) is 3.22. The Kier molecular flexibility index (Phi) is 6.26. The summed E-state index contributed by atoms with van der Waals surface area (Å²) in [5.41, 5.74) is -0.356. The Morgan fingerprint density at radius 2 is 2.15 bits per heavy atom. The smallest absolute Gasteiger partial charge is 0.224 e. The van der Waals surface area contributed by atoms with E-state index in [1.807, 2.05) is 0 Å². The topological polar surface area (TPSA) is 89.8 Å². The third kappa shape index (κ3) is 5.77. The van der Waals surface area contributed by atoms with Crippen molar-refractivity contribution in [1.29, 1.82) is 0 Å². The molecule has 112 valence electrons. The number of carbonyl (C=O) groups is 1. The lowest BCUT2D eigenvalue weighted by atomic mass is 10.0. The molecule has 0 aliphatic carbocycles. The lowest BCUT2D eigenvalue weighted by Crippen LogP contribution is -2.41. The Morgan fingerprint density at radius 3 is 2.75 bits per heavy atom. The van der Waals surface area contributed by atoms with E-state index in [2.05, 4.69) is 5.32 Å². The minimum absolute atomic E-state index is 0.0100. The number of halogens is 1. The van der Waals surface area contributed by atoms with E-state index >= 15 is 0 Å². The largest absolute Gasteiger partial charge is 0.506 e. The van der Waals surface area contributed by atoms with Gasteiger partial charge in [0.25, 0.3) is 0 Å². The van der Waals surface area contributed by atoms with Gasteiger partial charge in [-0.05, 0) is 37.5 Å². The summed E-state index contributed by atoms with van der Waals surface area (Å²) < 4.78 is 0. The first-order chi connectivity index (χ1) is 9.34. The van der Waals surface area contributed by atoms with Crippen LogP contribution in [0.3, 0.4) is 0 Å². The van der Waals surface area contributed by atoms with E-state index in [4.69, 9.17) is 16.7 Å². The predicted octanol–water partition coefficient (Wildman–Crippen LogP) is 1.23. The van der Waals surface area contributed by atoms with E-state index in [0.29, 0.717) is 18.4 Å². The first-order valence-electron chi connectivity index (χ1n) is 6.41. The molecule has 1 aromatic carbocycles. The van der Waals surface area contributed by atoms with Crippen molar-refractivity contribution < 1.29 is 20.1 Å². The standard InChI is InChI=1S/C14H20ClNO4/c1-14(20,5-2-6-17)9-16-13(19)8-10-3-4-12(18)11(15)7-10/h3-4,7,17-18,20H,2,5-6,8-9H2,1H3,(H,16,19)/t14-/m0/s1. The molecular formula is C14H20ClNO4. The van der Waals surface area contributed by atoms with Crippen LogP contribution in [0.25, 0.3) is 0 Å². The number of phenolic OH excluding ortho intramolecular Hbond substituents is 1. The summed E-state index contributed by atoms with van der Waals surface area (Å²) in [6.07, 6.45) is 1.02. The van der Waals surface area contributed by atoms with Crippen LogP contribution in [0.2, 0.25) is 5.02 Å². The second-order valence-corrected chi connectivity index (χ2v) is 5.47. The van der Waals surface area contributed by atoms with Crippen molar-refractivity contribution in [2.24, 2.45) is 0 Å². The molecule has 0 bridgehead atoms. The molecule has 1 aromatic rings. The molecule has 0 saturated carbocycles. The maximum atomic E-state index is 11.8. The molecule has 0 aliphatic rings. The molecule has 6 heteroatoms. The van der Waals surface area contributed by atoms with Crippen LogP contribution >= 0.6 is 11.6 Å². The zero-order valence-electron chi connectivity index (χ0n) is 11.4. The lowest BCUT2D eigenvalue weighted by molar-refractivity contribution is -0.121. The number of hydrogen-bond donors (Lipinski definition) is 4. The fraction of sp³-hybridized carbons (Fsp3) is 0.500. The molecule has 1 amide bonds. The molecule has 0 fully saturated rings. The van der Waals surface area contributed by atoms with E-state index in [9.17, 15) is 15.0 Å². The van der Waals surface area contributed by atoms with Gasteiger partial charge in [0.15, 0.2) is 0 Å². The van der Waals surface area contributed by atoms with Gasteiger partial charge in [-0.1, -0.05) is 17.7 Å².